The van der Waals surface area contributed by atoms with Gasteiger partial charge in [0.2, 0.25) is 0 Å². The zero-order chi connectivity index (χ0) is 27.2. The molecular formula is C35H64O2. The van der Waals surface area contributed by atoms with Crippen molar-refractivity contribution in [2.24, 2.45) is 17.3 Å². The zero-order valence-electron chi connectivity index (χ0n) is 25.8. The van der Waals surface area contributed by atoms with Gasteiger partial charge in [-0.15, -0.1) is 0 Å². The Labute approximate surface area is 232 Å². The lowest BCUT2D eigenvalue weighted by molar-refractivity contribution is -0.152. The lowest BCUT2D eigenvalue weighted by Crippen LogP contribution is -2.34. The molecule has 0 aromatic rings. The molecule has 0 saturated heterocycles. The van der Waals surface area contributed by atoms with E-state index in [1.807, 2.05) is 0 Å². The Kier molecular flexibility index (Phi) is 20.1. The fraction of sp³-hybridized carbons (Fsp3) is 0.857. The van der Waals surface area contributed by atoms with Gasteiger partial charge in [-0.3, -0.25) is 4.79 Å². The highest BCUT2D eigenvalue weighted by atomic mass is 16.5. The van der Waals surface area contributed by atoms with E-state index in [1.54, 1.807) is 0 Å². The van der Waals surface area contributed by atoms with Crippen LogP contribution < -0.4 is 0 Å². The van der Waals surface area contributed by atoms with E-state index in [-0.39, 0.29) is 17.3 Å². The lowest BCUT2D eigenvalue weighted by Gasteiger charge is -2.36. The molecule has 2 atom stereocenters. The molecule has 0 aromatic heterocycles. The smallest absolute Gasteiger partial charge is 0.309 e. The van der Waals surface area contributed by atoms with Crippen LogP contribution in [0.25, 0.3) is 0 Å². The first-order chi connectivity index (χ1) is 17.9. The van der Waals surface area contributed by atoms with Crippen molar-refractivity contribution in [2.45, 2.75) is 169 Å². The number of hydrogen-bond donors (Lipinski definition) is 0. The van der Waals surface area contributed by atoms with E-state index in [1.165, 1.54) is 108 Å². The number of unbranched alkanes of at least 4 members (excludes halogenated alkanes) is 16. The second-order valence-corrected chi connectivity index (χ2v) is 12.8. The third-order valence-corrected chi connectivity index (χ3v) is 8.36. The minimum absolute atomic E-state index is 0.0231. The third-order valence-electron chi connectivity index (χ3n) is 8.36. The van der Waals surface area contributed by atoms with Crippen molar-refractivity contribution in [3.63, 3.8) is 0 Å². The number of carbonyl (C=O) groups is 1. The highest BCUT2D eigenvalue weighted by molar-refractivity contribution is 5.74. The van der Waals surface area contributed by atoms with E-state index in [0.717, 1.165) is 38.0 Å². The molecule has 216 valence electrons. The molecule has 0 fully saturated rings. The van der Waals surface area contributed by atoms with Gasteiger partial charge in [0.05, 0.1) is 12.5 Å². The van der Waals surface area contributed by atoms with Crippen molar-refractivity contribution in [3.8, 4) is 0 Å². The summed E-state index contributed by atoms with van der Waals surface area (Å²) in [5.74, 6) is 0.775. The van der Waals surface area contributed by atoms with Gasteiger partial charge in [0.15, 0.2) is 0 Å². The Morgan fingerprint density at radius 3 is 1.78 bits per heavy atom. The van der Waals surface area contributed by atoms with Gasteiger partial charge in [-0.1, -0.05) is 167 Å². The molecule has 0 amide bonds. The Balaban J connectivity index is 2.23. The monoisotopic (exact) mass is 516 g/mol. The Morgan fingerprint density at radius 1 is 0.784 bits per heavy atom. The second-order valence-electron chi connectivity index (χ2n) is 12.8. The molecule has 0 bridgehead atoms. The summed E-state index contributed by atoms with van der Waals surface area (Å²) in [7, 11) is 0. The van der Waals surface area contributed by atoms with Crippen LogP contribution in [0.15, 0.2) is 23.8 Å². The Bertz CT molecular complexity index is 617. The fourth-order valence-corrected chi connectivity index (χ4v) is 5.93. The predicted molar refractivity (Wildman–Crippen MR) is 163 cm³/mol. The van der Waals surface area contributed by atoms with Crippen LogP contribution >= 0.6 is 0 Å². The van der Waals surface area contributed by atoms with Gasteiger partial charge in [-0.2, -0.15) is 0 Å². The summed E-state index contributed by atoms with van der Waals surface area (Å²) in [4.78, 5) is 13.2. The third kappa shape index (κ3) is 17.2. The maximum absolute atomic E-state index is 13.2. The van der Waals surface area contributed by atoms with Crippen LogP contribution in [0.4, 0.5) is 0 Å². The minimum Gasteiger partial charge on any atom is -0.465 e. The second kappa shape index (κ2) is 21.8. The molecule has 1 aliphatic rings. The van der Waals surface area contributed by atoms with Crippen molar-refractivity contribution in [3.05, 3.63) is 23.8 Å². The van der Waals surface area contributed by atoms with Crippen LogP contribution in [-0.4, -0.2) is 12.6 Å². The fourth-order valence-electron chi connectivity index (χ4n) is 5.93. The van der Waals surface area contributed by atoms with Crippen LogP contribution in [0.5, 0.6) is 0 Å². The maximum Gasteiger partial charge on any atom is 0.309 e. The van der Waals surface area contributed by atoms with Crippen molar-refractivity contribution < 1.29 is 9.53 Å². The normalized spacial score (nSPS) is 18.3. The van der Waals surface area contributed by atoms with E-state index in [9.17, 15) is 4.79 Å². The first-order valence-corrected chi connectivity index (χ1v) is 16.4. The molecule has 0 N–H and O–H groups in total. The summed E-state index contributed by atoms with van der Waals surface area (Å²) >= 11 is 0. The largest absolute Gasteiger partial charge is 0.465 e. The molecule has 0 aliphatic heterocycles. The molecule has 0 spiro atoms. The van der Waals surface area contributed by atoms with Gasteiger partial charge in [0.1, 0.15) is 0 Å². The lowest BCUT2D eigenvalue weighted by atomic mass is 9.69. The molecule has 37 heavy (non-hydrogen) atoms. The summed E-state index contributed by atoms with van der Waals surface area (Å²) in [6.07, 6.45) is 33.8. The molecule has 0 heterocycles. The molecule has 2 heteroatoms. The standard InChI is InChI=1S/C35H64O2/c1-6-7-8-9-10-11-12-13-14-15-16-17-18-19-22-27-33(35(5)28-24-26-32(4)30-35)34(36)37-29-23-20-21-25-31(2)3/h24,26,28,31,33H,6-23,25,27,29-30H2,1-5H3. The highest BCUT2D eigenvalue weighted by Crippen LogP contribution is 2.41. The van der Waals surface area contributed by atoms with Crippen LogP contribution in [0.2, 0.25) is 0 Å². The van der Waals surface area contributed by atoms with Crippen molar-refractivity contribution >= 4 is 5.97 Å². The summed E-state index contributed by atoms with van der Waals surface area (Å²) in [6, 6.07) is 0. The maximum atomic E-state index is 13.2. The van der Waals surface area contributed by atoms with Gasteiger partial charge in [-0.05, 0) is 32.1 Å². The van der Waals surface area contributed by atoms with Gasteiger partial charge in [-0.25, -0.2) is 0 Å². The van der Waals surface area contributed by atoms with E-state index < -0.39 is 0 Å². The number of carbonyl (C=O) groups excluding carboxylic acids is 1. The summed E-state index contributed by atoms with van der Waals surface area (Å²) in [6.45, 7) is 11.9. The van der Waals surface area contributed by atoms with Gasteiger partial charge < -0.3 is 4.74 Å². The molecule has 0 radical (unpaired) electrons. The molecule has 2 nitrogen and oxygen atoms in total. The van der Waals surface area contributed by atoms with Gasteiger partial charge in [0, 0.05) is 5.41 Å². The van der Waals surface area contributed by atoms with Crippen molar-refractivity contribution in [2.75, 3.05) is 6.61 Å². The van der Waals surface area contributed by atoms with Crippen LogP contribution in [0.3, 0.4) is 0 Å². The molecule has 1 aliphatic carbocycles. The summed E-state index contributed by atoms with van der Waals surface area (Å²) in [5.41, 5.74) is 1.26. The number of hydrogen-bond acceptors (Lipinski definition) is 2. The van der Waals surface area contributed by atoms with Crippen molar-refractivity contribution in [1.82, 2.24) is 0 Å². The predicted octanol–water partition coefficient (Wildman–Crippen LogP) is 11.5. The van der Waals surface area contributed by atoms with E-state index in [4.69, 9.17) is 4.74 Å². The minimum atomic E-state index is -0.108. The molecule has 0 aromatic carbocycles. The number of ether oxygens (including phenoxy) is 1. The number of allylic oxidation sites excluding steroid dienone is 4. The average molecular weight is 517 g/mol. The van der Waals surface area contributed by atoms with E-state index in [0.29, 0.717) is 6.61 Å². The first-order valence-electron chi connectivity index (χ1n) is 16.4. The van der Waals surface area contributed by atoms with Crippen molar-refractivity contribution in [1.29, 1.82) is 0 Å². The number of esters is 1. The van der Waals surface area contributed by atoms with Crippen LogP contribution in [0, 0.1) is 17.3 Å². The number of rotatable bonds is 24. The SMILES string of the molecule is CCCCCCCCCCCCCCCCCC(C(=O)OCCCCCC(C)C)C1(C)C=CC=C(C)C1. The first kappa shape index (κ1) is 34.0. The summed E-state index contributed by atoms with van der Waals surface area (Å²) in [5, 5.41) is 0. The topological polar surface area (TPSA) is 26.3 Å². The highest BCUT2D eigenvalue weighted by Gasteiger charge is 2.38. The Hall–Kier alpha value is -1.05. The molecular weight excluding hydrogens is 452 g/mol. The summed E-state index contributed by atoms with van der Waals surface area (Å²) < 4.78 is 5.85. The average Bonchev–Trinajstić information content (AvgIpc) is 2.85. The van der Waals surface area contributed by atoms with E-state index in [2.05, 4.69) is 52.8 Å². The van der Waals surface area contributed by atoms with Crippen LogP contribution in [0.1, 0.15) is 169 Å². The molecule has 1 rings (SSSR count). The Morgan fingerprint density at radius 2 is 1.27 bits per heavy atom. The van der Waals surface area contributed by atoms with Gasteiger partial charge in [0.25, 0.3) is 0 Å². The zero-order valence-corrected chi connectivity index (χ0v) is 25.8. The quantitative estimate of drug-likeness (QED) is 0.0941. The molecule has 2 unspecified atom stereocenters. The molecule has 0 saturated carbocycles. The van der Waals surface area contributed by atoms with Gasteiger partial charge >= 0.3 is 5.97 Å². The van der Waals surface area contributed by atoms with Crippen LogP contribution in [-0.2, 0) is 9.53 Å². The van der Waals surface area contributed by atoms with E-state index >= 15 is 0 Å².